The van der Waals surface area contributed by atoms with Crippen molar-refractivity contribution in [2.45, 2.75) is 64.3 Å². The first-order valence-corrected chi connectivity index (χ1v) is 8.06. The number of nitrogens with zero attached hydrogens (tertiary/aromatic N) is 2. The Morgan fingerprint density at radius 2 is 1.95 bits per heavy atom. The van der Waals surface area contributed by atoms with Crippen molar-refractivity contribution >= 4 is 17.4 Å². The maximum absolute atomic E-state index is 9.85. The summed E-state index contributed by atoms with van der Waals surface area (Å²) in [5.41, 5.74) is -0.436. The first kappa shape index (κ1) is 16.5. The van der Waals surface area contributed by atoms with Crippen LogP contribution in [0.4, 0.5) is 5.82 Å². The Balaban J connectivity index is 2.24. The van der Waals surface area contributed by atoms with Gasteiger partial charge in [0, 0.05) is 11.5 Å². The second-order valence-electron chi connectivity index (χ2n) is 7.40. The van der Waals surface area contributed by atoms with Crippen molar-refractivity contribution < 1.29 is 5.11 Å². The minimum Gasteiger partial charge on any atom is -0.394 e. The smallest absolute Gasteiger partial charge is 0.137 e. The SMILES string of the molecule is CC1CCC(CO)(Nc2cc(Cl)nc(C(C)(C)C)n2)CC1. The van der Waals surface area contributed by atoms with E-state index in [0.717, 1.165) is 37.4 Å². The molecule has 0 bridgehead atoms. The molecular weight excluding hydrogens is 286 g/mol. The zero-order chi connectivity index (χ0) is 15.7. The van der Waals surface area contributed by atoms with Gasteiger partial charge in [-0.25, -0.2) is 9.97 Å². The van der Waals surface area contributed by atoms with Crippen LogP contribution in [0.2, 0.25) is 5.15 Å². The fourth-order valence-electron chi connectivity index (χ4n) is 2.73. The van der Waals surface area contributed by atoms with Gasteiger partial charge in [-0.05, 0) is 31.6 Å². The molecule has 0 radical (unpaired) electrons. The molecule has 0 aliphatic heterocycles. The number of hydrogen-bond acceptors (Lipinski definition) is 4. The Morgan fingerprint density at radius 3 is 2.48 bits per heavy atom. The second kappa shape index (κ2) is 6.09. The summed E-state index contributed by atoms with van der Waals surface area (Å²) in [5, 5.41) is 13.7. The number of aromatic nitrogens is 2. The van der Waals surface area contributed by atoms with Crippen LogP contribution in [-0.2, 0) is 5.41 Å². The van der Waals surface area contributed by atoms with Crippen LogP contribution < -0.4 is 5.32 Å². The van der Waals surface area contributed by atoms with E-state index in [1.165, 1.54) is 0 Å². The lowest BCUT2D eigenvalue weighted by molar-refractivity contribution is 0.155. The van der Waals surface area contributed by atoms with E-state index in [0.29, 0.717) is 11.0 Å². The summed E-state index contributed by atoms with van der Waals surface area (Å²) in [6, 6.07) is 1.74. The Labute approximate surface area is 132 Å². The largest absolute Gasteiger partial charge is 0.394 e. The lowest BCUT2D eigenvalue weighted by Gasteiger charge is -2.39. The van der Waals surface area contributed by atoms with Crippen LogP contribution >= 0.6 is 11.6 Å². The van der Waals surface area contributed by atoms with Crippen molar-refractivity contribution in [2.75, 3.05) is 11.9 Å². The molecule has 1 aromatic heterocycles. The summed E-state index contributed by atoms with van der Waals surface area (Å²) in [6.45, 7) is 8.57. The number of hydrogen-bond donors (Lipinski definition) is 2. The Kier molecular flexibility index (Phi) is 4.79. The number of halogens is 1. The number of aliphatic hydroxyl groups excluding tert-OH is 1. The summed E-state index contributed by atoms with van der Waals surface area (Å²) in [4.78, 5) is 8.90. The van der Waals surface area contributed by atoms with E-state index in [2.05, 4.69) is 43.0 Å². The molecule has 4 nitrogen and oxygen atoms in total. The van der Waals surface area contributed by atoms with E-state index in [4.69, 9.17) is 11.6 Å². The van der Waals surface area contributed by atoms with E-state index in [1.54, 1.807) is 6.07 Å². The van der Waals surface area contributed by atoms with Gasteiger partial charge >= 0.3 is 0 Å². The van der Waals surface area contributed by atoms with Gasteiger partial charge in [0.1, 0.15) is 16.8 Å². The third-order valence-electron chi connectivity index (χ3n) is 4.29. The molecule has 2 N–H and O–H groups in total. The van der Waals surface area contributed by atoms with Crippen LogP contribution in [0.25, 0.3) is 0 Å². The normalized spacial score (nSPS) is 26.7. The third kappa shape index (κ3) is 4.07. The van der Waals surface area contributed by atoms with Crippen LogP contribution in [0.15, 0.2) is 6.07 Å². The van der Waals surface area contributed by atoms with Gasteiger partial charge in [0.25, 0.3) is 0 Å². The summed E-state index contributed by atoms with van der Waals surface area (Å²) in [5.74, 6) is 2.16. The molecule has 2 rings (SSSR count). The van der Waals surface area contributed by atoms with Crippen molar-refractivity contribution in [2.24, 2.45) is 5.92 Å². The summed E-state index contributed by atoms with van der Waals surface area (Å²) in [6.07, 6.45) is 4.16. The first-order valence-electron chi connectivity index (χ1n) is 7.68. The number of nitrogens with one attached hydrogen (secondary N) is 1. The highest BCUT2D eigenvalue weighted by Gasteiger charge is 2.34. The average Bonchev–Trinajstić information content (AvgIpc) is 2.40. The molecule has 1 fully saturated rings. The number of rotatable bonds is 3. The van der Waals surface area contributed by atoms with Gasteiger partial charge in [-0.1, -0.05) is 39.3 Å². The van der Waals surface area contributed by atoms with Crippen LogP contribution in [0, 0.1) is 5.92 Å². The fourth-order valence-corrected chi connectivity index (χ4v) is 2.91. The van der Waals surface area contributed by atoms with E-state index >= 15 is 0 Å². The second-order valence-corrected chi connectivity index (χ2v) is 7.78. The summed E-state index contributed by atoms with van der Waals surface area (Å²) >= 11 is 6.13. The molecular formula is C16H26ClN3O. The van der Waals surface area contributed by atoms with Crippen molar-refractivity contribution in [1.29, 1.82) is 0 Å². The first-order chi connectivity index (χ1) is 9.74. The minimum atomic E-state index is -0.278. The molecule has 1 aliphatic carbocycles. The highest BCUT2D eigenvalue weighted by atomic mass is 35.5. The molecule has 0 saturated heterocycles. The maximum Gasteiger partial charge on any atom is 0.137 e. The minimum absolute atomic E-state index is 0.117. The summed E-state index contributed by atoms with van der Waals surface area (Å²) < 4.78 is 0. The van der Waals surface area contributed by atoms with Crippen molar-refractivity contribution in [1.82, 2.24) is 9.97 Å². The standard InChI is InChI=1S/C16H26ClN3O/c1-11-5-7-16(10-21,8-6-11)20-13-9-12(17)18-14(19-13)15(2,3)4/h9,11,21H,5-8,10H2,1-4H3,(H,18,19,20). The molecule has 5 heteroatoms. The van der Waals surface area contributed by atoms with E-state index in [1.807, 2.05) is 0 Å². The Bertz CT molecular complexity index is 491. The molecule has 0 amide bonds. The van der Waals surface area contributed by atoms with E-state index in [-0.39, 0.29) is 17.6 Å². The molecule has 21 heavy (non-hydrogen) atoms. The van der Waals surface area contributed by atoms with Crippen molar-refractivity contribution in [3.63, 3.8) is 0 Å². The van der Waals surface area contributed by atoms with Crippen LogP contribution in [0.5, 0.6) is 0 Å². The molecule has 1 saturated carbocycles. The number of aliphatic hydroxyl groups is 1. The van der Waals surface area contributed by atoms with Crippen LogP contribution in [0.1, 0.15) is 59.2 Å². The highest BCUT2D eigenvalue weighted by molar-refractivity contribution is 6.29. The lowest BCUT2D eigenvalue weighted by atomic mass is 9.77. The topological polar surface area (TPSA) is 58.0 Å². The molecule has 1 aliphatic rings. The van der Waals surface area contributed by atoms with Crippen molar-refractivity contribution in [3.8, 4) is 0 Å². The molecule has 0 spiro atoms. The van der Waals surface area contributed by atoms with Crippen LogP contribution in [0.3, 0.4) is 0 Å². The monoisotopic (exact) mass is 311 g/mol. The van der Waals surface area contributed by atoms with Crippen LogP contribution in [-0.4, -0.2) is 27.2 Å². The number of anilines is 1. The van der Waals surface area contributed by atoms with E-state index in [9.17, 15) is 5.11 Å². The van der Waals surface area contributed by atoms with Gasteiger partial charge in [-0.15, -0.1) is 0 Å². The highest BCUT2D eigenvalue weighted by Crippen LogP contribution is 2.34. The van der Waals surface area contributed by atoms with E-state index < -0.39 is 0 Å². The Morgan fingerprint density at radius 1 is 1.33 bits per heavy atom. The van der Waals surface area contributed by atoms with Gasteiger partial charge in [0.15, 0.2) is 0 Å². The molecule has 1 heterocycles. The predicted molar refractivity (Wildman–Crippen MR) is 86.8 cm³/mol. The third-order valence-corrected chi connectivity index (χ3v) is 4.49. The fraction of sp³-hybridized carbons (Fsp3) is 0.750. The molecule has 1 aromatic rings. The van der Waals surface area contributed by atoms with Gasteiger partial charge < -0.3 is 10.4 Å². The molecule has 118 valence electrons. The Hall–Kier alpha value is -0.870. The van der Waals surface area contributed by atoms with Gasteiger partial charge in [0.2, 0.25) is 0 Å². The zero-order valence-electron chi connectivity index (χ0n) is 13.4. The molecule has 0 unspecified atom stereocenters. The van der Waals surface area contributed by atoms with Crippen molar-refractivity contribution in [3.05, 3.63) is 17.0 Å². The maximum atomic E-state index is 9.85. The summed E-state index contributed by atoms with van der Waals surface area (Å²) in [7, 11) is 0. The quantitative estimate of drug-likeness (QED) is 0.834. The van der Waals surface area contributed by atoms with Gasteiger partial charge in [-0.3, -0.25) is 0 Å². The lowest BCUT2D eigenvalue weighted by Crippen LogP contribution is -2.45. The zero-order valence-corrected chi connectivity index (χ0v) is 14.2. The molecule has 0 aromatic carbocycles. The molecule has 0 atom stereocenters. The van der Waals surface area contributed by atoms with Gasteiger partial charge in [0.05, 0.1) is 12.1 Å². The average molecular weight is 312 g/mol. The van der Waals surface area contributed by atoms with Gasteiger partial charge in [-0.2, -0.15) is 0 Å². The predicted octanol–water partition coefficient (Wildman–Crippen LogP) is 3.78.